The van der Waals surface area contributed by atoms with Crippen molar-refractivity contribution in [2.75, 3.05) is 5.75 Å². The lowest BCUT2D eigenvalue weighted by molar-refractivity contribution is 0.933. The van der Waals surface area contributed by atoms with Gasteiger partial charge in [0.1, 0.15) is 0 Å². The van der Waals surface area contributed by atoms with E-state index in [0.29, 0.717) is 0 Å². The summed E-state index contributed by atoms with van der Waals surface area (Å²) >= 11 is 1.67. The molecular formula is C7H10N2S. The van der Waals surface area contributed by atoms with Crippen LogP contribution in [0.3, 0.4) is 0 Å². The molecule has 0 unspecified atom stereocenters. The van der Waals surface area contributed by atoms with Crippen LogP contribution in [-0.4, -0.2) is 15.7 Å². The number of aryl methyl sites for hydroxylation is 1. The summed E-state index contributed by atoms with van der Waals surface area (Å²) in [5.41, 5.74) is 1.03. The molecule has 0 aliphatic rings. The van der Waals surface area contributed by atoms with Crippen LogP contribution in [0.1, 0.15) is 12.6 Å². The molecule has 0 spiro atoms. The third-order valence-electron chi connectivity index (χ3n) is 1.05. The Kier molecular flexibility index (Phi) is 2.68. The van der Waals surface area contributed by atoms with Crippen LogP contribution in [0.5, 0.6) is 0 Å². The lowest BCUT2D eigenvalue weighted by Gasteiger charge is -1.95. The van der Waals surface area contributed by atoms with Crippen LogP contribution in [0, 0.1) is 6.92 Å². The van der Waals surface area contributed by atoms with Crippen molar-refractivity contribution < 1.29 is 0 Å². The zero-order chi connectivity index (χ0) is 7.40. The van der Waals surface area contributed by atoms with E-state index in [1.165, 1.54) is 0 Å². The standard InChI is InChI=1S/C7H10N2S/c1-3-10-7-8-5-4-6(2)9-7/h4-5H,3H2,1-2H3. The SMILES string of the molecule is CCSc1nccc(C)n1. The van der Waals surface area contributed by atoms with Crippen molar-refractivity contribution in [3.63, 3.8) is 0 Å². The van der Waals surface area contributed by atoms with Gasteiger partial charge in [0.25, 0.3) is 0 Å². The predicted octanol–water partition coefficient (Wildman–Crippen LogP) is 1.90. The minimum absolute atomic E-state index is 0.877. The highest BCUT2D eigenvalue weighted by molar-refractivity contribution is 7.99. The number of aromatic nitrogens is 2. The van der Waals surface area contributed by atoms with Gasteiger partial charge in [-0.2, -0.15) is 0 Å². The first-order valence-corrected chi connectivity index (χ1v) is 4.24. The summed E-state index contributed by atoms with van der Waals surface area (Å²) in [6, 6.07) is 1.90. The second-order valence-electron chi connectivity index (χ2n) is 1.91. The van der Waals surface area contributed by atoms with Gasteiger partial charge in [0.05, 0.1) is 0 Å². The Bertz CT molecular complexity index is 213. The molecule has 1 heterocycles. The Morgan fingerprint density at radius 1 is 1.60 bits per heavy atom. The monoisotopic (exact) mass is 154 g/mol. The number of thioether (sulfide) groups is 1. The van der Waals surface area contributed by atoms with Gasteiger partial charge in [0.15, 0.2) is 5.16 Å². The molecule has 0 radical (unpaired) electrons. The molecule has 0 saturated carbocycles. The molecule has 2 nitrogen and oxygen atoms in total. The molecule has 3 heteroatoms. The Hall–Kier alpha value is -0.570. The van der Waals surface area contributed by atoms with E-state index in [0.717, 1.165) is 16.6 Å². The zero-order valence-corrected chi connectivity index (χ0v) is 6.98. The van der Waals surface area contributed by atoms with Crippen molar-refractivity contribution in [2.24, 2.45) is 0 Å². The maximum absolute atomic E-state index is 4.21. The first kappa shape index (κ1) is 7.54. The van der Waals surface area contributed by atoms with Crippen molar-refractivity contribution in [2.45, 2.75) is 19.0 Å². The van der Waals surface area contributed by atoms with Gasteiger partial charge in [-0.25, -0.2) is 9.97 Å². The van der Waals surface area contributed by atoms with Gasteiger partial charge in [0.2, 0.25) is 0 Å². The summed E-state index contributed by atoms with van der Waals surface area (Å²) in [6.45, 7) is 4.07. The molecule has 0 bridgehead atoms. The molecule has 0 fully saturated rings. The van der Waals surface area contributed by atoms with Crippen molar-refractivity contribution in [1.82, 2.24) is 9.97 Å². The first-order valence-electron chi connectivity index (χ1n) is 3.25. The van der Waals surface area contributed by atoms with E-state index in [4.69, 9.17) is 0 Å². The minimum Gasteiger partial charge on any atom is -0.231 e. The van der Waals surface area contributed by atoms with Crippen molar-refractivity contribution in [3.8, 4) is 0 Å². The van der Waals surface area contributed by atoms with Crippen LogP contribution in [0.15, 0.2) is 17.4 Å². The molecule has 0 atom stereocenters. The Balaban J connectivity index is 2.75. The molecule has 0 aliphatic heterocycles. The summed E-state index contributed by atoms with van der Waals surface area (Å²) in [4.78, 5) is 8.30. The van der Waals surface area contributed by atoms with Crippen LogP contribution in [-0.2, 0) is 0 Å². The highest BCUT2D eigenvalue weighted by Crippen LogP contribution is 2.10. The second kappa shape index (κ2) is 3.56. The van der Waals surface area contributed by atoms with E-state index in [-0.39, 0.29) is 0 Å². The van der Waals surface area contributed by atoms with Crippen molar-refractivity contribution in [3.05, 3.63) is 18.0 Å². The van der Waals surface area contributed by atoms with Gasteiger partial charge in [-0.05, 0) is 18.7 Å². The third-order valence-corrected chi connectivity index (χ3v) is 1.79. The van der Waals surface area contributed by atoms with Crippen LogP contribution < -0.4 is 0 Å². The normalized spacial score (nSPS) is 9.80. The largest absolute Gasteiger partial charge is 0.231 e. The van der Waals surface area contributed by atoms with Gasteiger partial charge in [-0.3, -0.25) is 0 Å². The van der Waals surface area contributed by atoms with Gasteiger partial charge >= 0.3 is 0 Å². The molecule has 0 amide bonds. The second-order valence-corrected chi connectivity index (χ2v) is 3.14. The highest BCUT2D eigenvalue weighted by atomic mass is 32.2. The number of rotatable bonds is 2. The lowest BCUT2D eigenvalue weighted by atomic mass is 10.5. The van der Waals surface area contributed by atoms with E-state index in [9.17, 15) is 0 Å². The molecule has 54 valence electrons. The molecule has 1 aromatic heterocycles. The molecule has 1 aromatic rings. The zero-order valence-electron chi connectivity index (χ0n) is 6.16. The maximum atomic E-state index is 4.21. The fraction of sp³-hybridized carbons (Fsp3) is 0.429. The molecule has 0 aliphatic carbocycles. The Morgan fingerprint density at radius 3 is 3.00 bits per heavy atom. The van der Waals surface area contributed by atoms with Crippen LogP contribution in [0.2, 0.25) is 0 Å². The fourth-order valence-corrected chi connectivity index (χ4v) is 1.23. The van der Waals surface area contributed by atoms with E-state index >= 15 is 0 Å². The molecule has 0 N–H and O–H groups in total. The summed E-state index contributed by atoms with van der Waals surface area (Å²) in [5, 5.41) is 0.877. The van der Waals surface area contributed by atoms with E-state index in [2.05, 4.69) is 16.9 Å². The summed E-state index contributed by atoms with van der Waals surface area (Å²) < 4.78 is 0. The number of hydrogen-bond acceptors (Lipinski definition) is 3. The average molecular weight is 154 g/mol. The molecule has 0 saturated heterocycles. The number of nitrogens with zero attached hydrogens (tertiary/aromatic N) is 2. The van der Waals surface area contributed by atoms with Gasteiger partial charge in [-0.15, -0.1) is 0 Å². The lowest BCUT2D eigenvalue weighted by Crippen LogP contribution is -1.87. The molecule has 10 heavy (non-hydrogen) atoms. The molecular weight excluding hydrogens is 144 g/mol. The summed E-state index contributed by atoms with van der Waals surface area (Å²) in [5.74, 6) is 1.03. The molecule has 1 rings (SSSR count). The van der Waals surface area contributed by atoms with Gasteiger partial charge < -0.3 is 0 Å². The third kappa shape index (κ3) is 1.99. The predicted molar refractivity (Wildman–Crippen MR) is 43.2 cm³/mol. The minimum atomic E-state index is 0.877. The quantitative estimate of drug-likeness (QED) is 0.480. The average Bonchev–Trinajstić information content (AvgIpc) is 1.88. The van der Waals surface area contributed by atoms with Crippen LogP contribution >= 0.6 is 11.8 Å². The fourth-order valence-electron chi connectivity index (χ4n) is 0.625. The summed E-state index contributed by atoms with van der Waals surface area (Å²) in [6.07, 6.45) is 1.79. The Labute approximate surface area is 65.1 Å². The smallest absolute Gasteiger partial charge is 0.187 e. The van der Waals surface area contributed by atoms with E-state index in [1.54, 1.807) is 18.0 Å². The highest BCUT2D eigenvalue weighted by Gasteiger charge is 1.92. The topological polar surface area (TPSA) is 25.8 Å². The van der Waals surface area contributed by atoms with E-state index < -0.39 is 0 Å². The van der Waals surface area contributed by atoms with Gasteiger partial charge in [-0.1, -0.05) is 18.7 Å². The van der Waals surface area contributed by atoms with Crippen molar-refractivity contribution in [1.29, 1.82) is 0 Å². The van der Waals surface area contributed by atoms with E-state index in [1.807, 2.05) is 13.0 Å². The van der Waals surface area contributed by atoms with Crippen LogP contribution in [0.4, 0.5) is 0 Å². The molecule has 0 aromatic carbocycles. The first-order chi connectivity index (χ1) is 4.83. The maximum Gasteiger partial charge on any atom is 0.187 e. The van der Waals surface area contributed by atoms with Gasteiger partial charge in [0, 0.05) is 11.9 Å². The van der Waals surface area contributed by atoms with Crippen molar-refractivity contribution >= 4 is 11.8 Å². The van der Waals surface area contributed by atoms with Crippen LogP contribution in [0.25, 0.3) is 0 Å². The summed E-state index contributed by atoms with van der Waals surface area (Å²) in [7, 11) is 0. The Morgan fingerprint density at radius 2 is 2.40 bits per heavy atom. The number of hydrogen-bond donors (Lipinski definition) is 0.